The Hall–Kier alpha value is -0.820. The molecule has 0 bridgehead atoms. The predicted molar refractivity (Wildman–Crippen MR) is 105 cm³/mol. The Kier molecular flexibility index (Phi) is 8.78. The van der Waals surface area contributed by atoms with Crippen molar-refractivity contribution >= 4 is 29.9 Å². The molecule has 0 aromatic heterocycles. The summed E-state index contributed by atoms with van der Waals surface area (Å²) in [6.07, 6.45) is 2.60. The second-order valence-corrected chi connectivity index (χ2v) is 5.65. The largest absolute Gasteiger partial charge is 0.355 e. The van der Waals surface area contributed by atoms with E-state index in [0.717, 1.165) is 19.0 Å². The van der Waals surface area contributed by atoms with Gasteiger partial charge in [0.05, 0.1) is 6.04 Å². The average molecular weight is 416 g/mol. The molecule has 4 nitrogen and oxygen atoms in total. The van der Waals surface area contributed by atoms with Crippen molar-refractivity contribution in [3.05, 3.63) is 35.9 Å². The zero-order chi connectivity index (χ0) is 15.1. The minimum atomic E-state index is 0. The van der Waals surface area contributed by atoms with E-state index in [1.165, 1.54) is 24.9 Å². The van der Waals surface area contributed by atoms with Gasteiger partial charge >= 0.3 is 0 Å². The number of likely N-dealkylation sites (N-methyl/N-ethyl adjacent to an activating group) is 1. The molecule has 22 heavy (non-hydrogen) atoms. The highest BCUT2D eigenvalue weighted by atomic mass is 127. The number of likely N-dealkylation sites (tertiary alicyclic amines) is 1. The van der Waals surface area contributed by atoms with Crippen molar-refractivity contribution in [2.75, 3.05) is 26.7 Å². The number of halogens is 1. The van der Waals surface area contributed by atoms with Crippen molar-refractivity contribution in [2.45, 2.75) is 38.8 Å². The fourth-order valence-electron chi connectivity index (χ4n) is 2.98. The smallest absolute Gasteiger partial charge is 0.191 e. The van der Waals surface area contributed by atoms with Crippen LogP contribution in [0.3, 0.4) is 0 Å². The molecule has 1 aromatic carbocycles. The van der Waals surface area contributed by atoms with Gasteiger partial charge in [0.15, 0.2) is 5.96 Å². The SMILES string of the molecule is CCN1CCCC1CNC(=NC)NC(C)c1ccccc1.I. The van der Waals surface area contributed by atoms with Crippen molar-refractivity contribution in [2.24, 2.45) is 4.99 Å². The van der Waals surface area contributed by atoms with Crippen LogP contribution < -0.4 is 10.6 Å². The zero-order valence-corrected chi connectivity index (χ0v) is 16.2. The van der Waals surface area contributed by atoms with E-state index < -0.39 is 0 Å². The van der Waals surface area contributed by atoms with E-state index in [0.29, 0.717) is 6.04 Å². The van der Waals surface area contributed by atoms with Gasteiger partial charge in [-0.05, 0) is 38.4 Å². The summed E-state index contributed by atoms with van der Waals surface area (Å²) in [5.41, 5.74) is 1.27. The summed E-state index contributed by atoms with van der Waals surface area (Å²) in [7, 11) is 1.83. The fraction of sp³-hybridized carbons (Fsp3) is 0.588. The van der Waals surface area contributed by atoms with E-state index in [1.54, 1.807) is 0 Å². The third-order valence-electron chi connectivity index (χ3n) is 4.29. The van der Waals surface area contributed by atoms with Crippen LogP contribution in [0.2, 0.25) is 0 Å². The minimum absolute atomic E-state index is 0. The van der Waals surface area contributed by atoms with Crippen LogP contribution in [0.4, 0.5) is 0 Å². The highest BCUT2D eigenvalue weighted by molar-refractivity contribution is 14.0. The molecule has 0 radical (unpaired) electrons. The van der Waals surface area contributed by atoms with Crippen LogP contribution in [0, 0.1) is 0 Å². The molecule has 1 heterocycles. The number of nitrogens with zero attached hydrogens (tertiary/aromatic N) is 2. The van der Waals surface area contributed by atoms with Gasteiger partial charge in [-0.1, -0.05) is 37.3 Å². The molecule has 2 N–H and O–H groups in total. The Labute approximate surface area is 151 Å². The van der Waals surface area contributed by atoms with Gasteiger partial charge in [0.25, 0.3) is 0 Å². The molecule has 1 saturated heterocycles. The van der Waals surface area contributed by atoms with Gasteiger partial charge in [-0.3, -0.25) is 9.89 Å². The number of hydrogen-bond acceptors (Lipinski definition) is 2. The maximum absolute atomic E-state index is 4.34. The van der Waals surface area contributed by atoms with Gasteiger partial charge in [-0.2, -0.15) is 0 Å². The third-order valence-corrected chi connectivity index (χ3v) is 4.29. The average Bonchev–Trinajstić information content (AvgIpc) is 2.99. The van der Waals surface area contributed by atoms with Gasteiger partial charge in [0.2, 0.25) is 0 Å². The van der Waals surface area contributed by atoms with Crippen LogP contribution in [0.25, 0.3) is 0 Å². The first-order chi connectivity index (χ1) is 10.2. The molecular weight excluding hydrogens is 387 g/mol. The summed E-state index contributed by atoms with van der Waals surface area (Å²) in [6, 6.07) is 11.4. The molecule has 124 valence electrons. The van der Waals surface area contributed by atoms with Crippen LogP contribution >= 0.6 is 24.0 Å². The van der Waals surface area contributed by atoms with Crippen molar-refractivity contribution in [3.63, 3.8) is 0 Å². The summed E-state index contributed by atoms with van der Waals surface area (Å²) < 4.78 is 0. The summed E-state index contributed by atoms with van der Waals surface area (Å²) in [4.78, 5) is 6.88. The first-order valence-corrected chi connectivity index (χ1v) is 8.00. The first-order valence-electron chi connectivity index (χ1n) is 8.00. The number of rotatable bonds is 5. The van der Waals surface area contributed by atoms with Gasteiger partial charge in [-0.25, -0.2) is 0 Å². The second-order valence-electron chi connectivity index (χ2n) is 5.65. The molecule has 0 spiro atoms. The Balaban J connectivity index is 0.00000242. The molecule has 2 atom stereocenters. The molecule has 1 aromatic rings. The van der Waals surface area contributed by atoms with Gasteiger partial charge in [0, 0.05) is 19.6 Å². The standard InChI is InChI=1S/C17H28N4.HI/c1-4-21-12-8-11-16(21)13-19-17(18-3)20-14(2)15-9-6-5-7-10-15;/h5-7,9-10,14,16H,4,8,11-13H2,1-3H3,(H2,18,19,20);1H. The van der Waals surface area contributed by atoms with E-state index in [4.69, 9.17) is 0 Å². The minimum Gasteiger partial charge on any atom is -0.355 e. The van der Waals surface area contributed by atoms with Crippen LogP contribution in [0.5, 0.6) is 0 Å². The Morgan fingerprint density at radius 1 is 1.36 bits per heavy atom. The summed E-state index contributed by atoms with van der Waals surface area (Å²) in [5.74, 6) is 0.884. The van der Waals surface area contributed by atoms with Crippen LogP contribution in [0.15, 0.2) is 35.3 Å². The van der Waals surface area contributed by atoms with E-state index >= 15 is 0 Å². The number of aliphatic imine (C=N–C) groups is 1. The van der Waals surface area contributed by atoms with E-state index in [2.05, 4.69) is 58.6 Å². The lowest BCUT2D eigenvalue weighted by atomic mass is 10.1. The molecule has 5 heteroatoms. The fourth-order valence-corrected chi connectivity index (χ4v) is 2.98. The lowest BCUT2D eigenvalue weighted by Crippen LogP contribution is -2.45. The lowest BCUT2D eigenvalue weighted by Gasteiger charge is -2.25. The van der Waals surface area contributed by atoms with Crippen molar-refractivity contribution in [3.8, 4) is 0 Å². The predicted octanol–water partition coefficient (Wildman–Crippen LogP) is 3.01. The summed E-state index contributed by atoms with van der Waals surface area (Å²) in [6.45, 7) is 7.74. The molecule has 1 aliphatic heterocycles. The second kappa shape index (κ2) is 10.0. The lowest BCUT2D eigenvalue weighted by molar-refractivity contribution is 0.267. The number of guanidine groups is 1. The van der Waals surface area contributed by atoms with E-state index in [1.807, 2.05) is 13.1 Å². The van der Waals surface area contributed by atoms with Crippen LogP contribution in [-0.4, -0.2) is 43.6 Å². The monoisotopic (exact) mass is 416 g/mol. The molecule has 2 rings (SSSR count). The van der Waals surface area contributed by atoms with Crippen LogP contribution in [-0.2, 0) is 0 Å². The van der Waals surface area contributed by atoms with Gasteiger partial charge < -0.3 is 10.6 Å². The first kappa shape index (κ1) is 19.2. The number of hydrogen-bond donors (Lipinski definition) is 2. The molecular formula is C17H29IN4. The maximum atomic E-state index is 4.34. The normalized spacial score (nSPS) is 20.3. The quantitative estimate of drug-likeness (QED) is 0.441. The number of nitrogens with one attached hydrogen (secondary N) is 2. The molecule has 0 saturated carbocycles. The van der Waals surface area contributed by atoms with Crippen molar-refractivity contribution in [1.29, 1.82) is 0 Å². The van der Waals surface area contributed by atoms with Crippen molar-refractivity contribution < 1.29 is 0 Å². The molecule has 1 aliphatic rings. The summed E-state index contributed by atoms with van der Waals surface area (Å²) in [5, 5.41) is 6.93. The van der Waals surface area contributed by atoms with Crippen LogP contribution in [0.1, 0.15) is 38.3 Å². The Bertz CT molecular complexity index is 449. The van der Waals surface area contributed by atoms with Gasteiger partial charge in [-0.15, -0.1) is 24.0 Å². The molecule has 0 amide bonds. The third kappa shape index (κ3) is 5.43. The molecule has 1 fully saturated rings. The highest BCUT2D eigenvalue weighted by Crippen LogP contribution is 2.15. The molecule has 2 unspecified atom stereocenters. The van der Waals surface area contributed by atoms with E-state index in [9.17, 15) is 0 Å². The highest BCUT2D eigenvalue weighted by Gasteiger charge is 2.22. The summed E-state index contributed by atoms with van der Waals surface area (Å²) >= 11 is 0. The topological polar surface area (TPSA) is 39.7 Å². The number of benzene rings is 1. The van der Waals surface area contributed by atoms with Gasteiger partial charge in [0.1, 0.15) is 0 Å². The van der Waals surface area contributed by atoms with E-state index in [-0.39, 0.29) is 30.0 Å². The zero-order valence-electron chi connectivity index (χ0n) is 13.9. The van der Waals surface area contributed by atoms with Crippen molar-refractivity contribution in [1.82, 2.24) is 15.5 Å². The Morgan fingerprint density at radius 3 is 2.73 bits per heavy atom. The maximum Gasteiger partial charge on any atom is 0.191 e. The Morgan fingerprint density at radius 2 is 2.09 bits per heavy atom. The molecule has 0 aliphatic carbocycles.